The molecule has 0 fully saturated rings. The van der Waals surface area contributed by atoms with Crippen molar-refractivity contribution in [1.29, 1.82) is 0 Å². The number of aromatic nitrogens is 3. The summed E-state index contributed by atoms with van der Waals surface area (Å²) in [5, 5.41) is 12.9. The van der Waals surface area contributed by atoms with Crippen molar-refractivity contribution in [3.63, 3.8) is 0 Å². The second kappa shape index (κ2) is 4.76. The molecule has 1 aliphatic rings. The molecule has 0 atom stereocenters. The van der Waals surface area contributed by atoms with Crippen LogP contribution in [0.3, 0.4) is 0 Å². The fourth-order valence-electron chi connectivity index (χ4n) is 2.63. The van der Waals surface area contributed by atoms with Crippen molar-refractivity contribution < 1.29 is 0 Å². The summed E-state index contributed by atoms with van der Waals surface area (Å²) in [5.74, 6) is 1.63. The number of aromatic amines is 1. The first kappa shape index (κ1) is 11.7. The van der Waals surface area contributed by atoms with Crippen molar-refractivity contribution in [3.05, 3.63) is 41.3 Å². The Bertz CT molecular complexity index is 730. The highest BCUT2D eigenvalue weighted by Crippen LogP contribution is 2.32. The number of H-pyrrole nitrogens is 1. The van der Waals surface area contributed by atoms with Gasteiger partial charge in [0.25, 0.3) is 0 Å². The average Bonchev–Trinajstić information content (AvgIpc) is 3.17. The third-order valence-corrected chi connectivity index (χ3v) is 4.45. The van der Waals surface area contributed by atoms with Crippen molar-refractivity contribution in [2.75, 3.05) is 11.9 Å². The van der Waals surface area contributed by atoms with Gasteiger partial charge in [-0.1, -0.05) is 18.2 Å². The van der Waals surface area contributed by atoms with Gasteiger partial charge in [0.15, 0.2) is 11.6 Å². The van der Waals surface area contributed by atoms with Gasteiger partial charge in [0.1, 0.15) is 0 Å². The molecule has 100 valence electrons. The molecule has 2 N–H and O–H groups in total. The number of rotatable bonds is 2. The Balaban J connectivity index is 1.78. The van der Waals surface area contributed by atoms with Crippen molar-refractivity contribution >= 4 is 17.0 Å². The van der Waals surface area contributed by atoms with Crippen LogP contribution >= 0.6 is 11.3 Å². The number of benzene rings is 1. The highest BCUT2D eigenvalue weighted by Gasteiger charge is 2.16. The molecule has 2 aromatic heterocycles. The molecule has 0 spiro atoms. The lowest BCUT2D eigenvalue weighted by atomic mass is 9.97. The fraction of sp³-hybridized carbons (Fsp3) is 0.200. The zero-order valence-corrected chi connectivity index (χ0v) is 11.7. The van der Waals surface area contributed by atoms with Crippen LogP contribution in [-0.2, 0) is 6.42 Å². The van der Waals surface area contributed by atoms with Crippen LogP contribution in [0.2, 0.25) is 0 Å². The van der Waals surface area contributed by atoms with Crippen LogP contribution in [0.4, 0.5) is 5.69 Å². The Labute approximate surface area is 120 Å². The van der Waals surface area contributed by atoms with Crippen molar-refractivity contribution in [1.82, 2.24) is 15.2 Å². The average molecular weight is 282 g/mol. The van der Waals surface area contributed by atoms with Gasteiger partial charge in [-0.05, 0) is 35.9 Å². The zero-order chi connectivity index (χ0) is 13.4. The van der Waals surface area contributed by atoms with Crippen LogP contribution in [0.15, 0.2) is 35.7 Å². The Morgan fingerprint density at radius 1 is 1.15 bits per heavy atom. The third-order valence-electron chi connectivity index (χ3n) is 3.58. The molecule has 0 amide bonds. The predicted octanol–water partition coefficient (Wildman–Crippen LogP) is 3.56. The minimum absolute atomic E-state index is 0.786. The lowest BCUT2D eigenvalue weighted by Gasteiger charge is -2.19. The summed E-state index contributed by atoms with van der Waals surface area (Å²) in [7, 11) is 0. The van der Waals surface area contributed by atoms with E-state index in [0.717, 1.165) is 41.5 Å². The SMILES string of the molecule is c1csc(-c2nc(-c3cccc4c3CCCN4)n[nH]2)c1. The topological polar surface area (TPSA) is 53.6 Å². The Hall–Kier alpha value is -2.14. The van der Waals surface area contributed by atoms with Crippen LogP contribution in [0.1, 0.15) is 12.0 Å². The van der Waals surface area contributed by atoms with Crippen LogP contribution in [0.25, 0.3) is 22.1 Å². The third kappa shape index (κ3) is 1.91. The maximum absolute atomic E-state index is 4.65. The summed E-state index contributed by atoms with van der Waals surface area (Å²) in [5.41, 5.74) is 3.68. The van der Waals surface area contributed by atoms with Gasteiger partial charge in [-0.25, -0.2) is 4.98 Å². The molecule has 0 radical (unpaired) electrons. The first-order chi connectivity index (χ1) is 9.92. The molecule has 0 aliphatic carbocycles. The van der Waals surface area contributed by atoms with Gasteiger partial charge in [0, 0.05) is 17.8 Å². The summed E-state index contributed by atoms with van der Waals surface area (Å²) >= 11 is 1.67. The summed E-state index contributed by atoms with van der Waals surface area (Å²) in [6.07, 6.45) is 2.24. The number of hydrogen-bond acceptors (Lipinski definition) is 4. The first-order valence-electron chi connectivity index (χ1n) is 6.74. The van der Waals surface area contributed by atoms with Crippen LogP contribution in [0, 0.1) is 0 Å². The number of thiophene rings is 1. The Kier molecular flexibility index (Phi) is 2.77. The molecule has 20 heavy (non-hydrogen) atoms. The van der Waals surface area contributed by atoms with E-state index in [9.17, 15) is 0 Å². The van der Waals surface area contributed by atoms with Gasteiger partial charge in [-0.3, -0.25) is 5.10 Å². The summed E-state index contributed by atoms with van der Waals surface area (Å²) in [4.78, 5) is 5.76. The Morgan fingerprint density at radius 3 is 3.05 bits per heavy atom. The van der Waals surface area contributed by atoms with Crippen LogP contribution in [0.5, 0.6) is 0 Å². The maximum atomic E-state index is 4.65. The number of hydrogen-bond donors (Lipinski definition) is 2. The number of anilines is 1. The molecular weight excluding hydrogens is 268 g/mol. The molecular formula is C15H14N4S. The van der Waals surface area contributed by atoms with Crippen LogP contribution < -0.4 is 5.32 Å². The minimum atomic E-state index is 0.786. The molecule has 4 rings (SSSR count). The van der Waals surface area contributed by atoms with Gasteiger partial charge in [-0.2, -0.15) is 5.10 Å². The number of nitrogens with one attached hydrogen (secondary N) is 2. The normalized spacial score (nSPS) is 13.8. The molecule has 1 aromatic carbocycles. The standard InChI is InChI=1S/C15H14N4S/c1-4-11(10-5-2-8-16-12(10)6-1)14-17-15(19-18-14)13-7-3-9-20-13/h1,3-4,6-7,9,16H,2,5,8H2,(H,17,18,19). The zero-order valence-electron chi connectivity index (χ0n) is 10.9. The van der Waals surface area contributed by atoms with Gasteiger partial charge in [0.2, 0.25) is 0 Å². The summed E-state index contributed by atoms with van der Waals surface area (Å²) in [6, 6.07) is 10.4. The monoisotopic (exact) mass is 282 g/mol. The Morgan fingerprint density at radius 2 is 2.15 bits per heavy atom. The van der Waals surface area contributed by atoms with Crippen molar-refractivity contribution in [3.8, 4) is 22.1 Å². The van der Waals surface area contributed by atoms with Crippen LogP contribution in [-0.4, -0.2) is 21.7 Å². The van der Waals surface area contributed by atoms with Crippen molar-refractivity contribution in [2.45, 2.75) is 12.8 Å². The van der Waals surface area contributed by atoms with E-state index >= 15 is 0 Å². The predicted molar refractivity (Wildman–Crippen MR) is 81.9 cm³/mol. The lowest BCUT2D eigenvalue weighted by molar-refractivity contribution is 0.830. The van der Waals surface area contributed by atoms with E-state index in [0.29, 0.717) is 0 Å². The number of nitrogens with zero attached hydrogens (tertiary/aromatic N) is 2. The van der Waals surface area contributed by atoms with E-state index in [2.05, 4.69) is 44.8 Å². The van der Waals surface area contributed by atoms with Gasteiger partial charge in [0.05, 0.1) is 4.88 Å². The van der Waals surface area contributed by atoms with E-state index in [1.54, 1.807) is 11.3 Å². The van der Waals surface area contributed by atoms with Gasteiger partial charge in [-0.15, -0.1) is 11.3 Å². The molecule has 0 unspecified atom stereocenters. The molecule has 0 saturated heterocycles. The van der Waals surface area contributed by atoms with Gasteiger partial charge >= 0.3 is 0 Å². The first-order valence-corrected chi connectivity index (χ1v) is 7.62. The second-order valence-electron chi connectivity index (χ2n) is 4.85. The smallest absolute Gasteiger partial charge is 0.181 e. The van der Waals surface area contributed by atoms with Gasteiger partial charge < -0.3 is 5.32 Å². The largest absolute Gasteiger partial charge is 0.385 e. The van der Waals surface area contributed by atoms with E-state index in [1.807, 2.05) is 11.4 Å². The van der Waals surface area contributed by atoms with E-state index in [1.165, 1.54) is 11.3 Å². The van der Waals surface area contributed by atoms with E-state index < -0.39 is 0 Å². The molecule has 3 heterocycles. The molecule has 5 heteroatoms. The maximum Gasteiger partial charge on any atom is 0.181 e. The minimum Gasteiger partial charge on any atom is -0.385 e. The molecule has 1 aliphatic heterocycles. The fourth-order valence-corrected chi connectivity index (χ4v) is 3.29. The summed E-state index contributed by atoms with van der Waals surface area (Å²) < 4.78 is 0. The molecule has 0 saturated carbocycles. The van der Waals surface area contributed by atoms with E-state index in [-0.39, 0.29) is 0 Å². The lowest BCUT2D eigenvalue weighted by Crippen LogP contribution is -2.12. The molecule has 4 nitrogen and oxygen atoms in total. The highest BCUT2D eigenvalue weighted by molar-refractivity contribution is 7.13. The highest BCUT2D eigenvalue weighted by atomic mass is 32.1. The van der Waals surface area contributed by atoms with Crippen molar-refractivity contribution in [2.24, 2.45) is 0 Å². The molecule has 0 bridgehead atoms. The second-order valence-corrected chi connectivity index (χ2v) is 5.79. The van der Waals surface area contributed by atoms with E-state index in [4.69, 9.17) is 0 Å². The molecule has 3 aromatic rings. The quantitative estimate of drug-likeness (QED) is 0.755. The number of fused-ring (bicyclic) bond motifs is 1. The summed E-state index contributed by atoms with van der Waals surface area (Å²) in [6.45, 7) is 1.05.